The lowest BCUT2D eigenvalue weighted by molar-refractivity contribution is -0.143. The van der Waals surface area contributed by atoms with E-state index in [1.165, 1.54) is 353 Å². The van der Waals surface area contributed by atoms with Gasteiger partial charge in [0.15, 0.2) is 0 Å². The Kier molecular flexibility index (Phi) is 68.9. The molecule has 1 amide bonds. The van der Waals surface area contributed by atoms with Crippen molar-refractivity contribution in [2.75, 3.05) is 13.2 Å². The minimum absolute atomic E-state index is 0.0185. The smallest absolute Gasteiger partial charge is 0.305 e. The van der Waals surface area contributed by atoms with Crippen molar-refractivity contribution in [3.8, 4) is 0 Å². The first kappa shape index (κ1) is 78.6. The highest BCUT2D eigenvalue weighted by molar-refractivity contribution is 5.76. The largest absolute Gasteiger partial charge is 0.466 e. The van der Waals surface area contributed by atoms with Gasteiger partial charge in [-0.1, -0.05) is 373 Å². The number of carbonyl (C=O) groups is 2. The van der Waals surface area contributed by atoms with Crippen molar-refractivity contribution in [2.24, 2.45) is 0 Å². The highest BCUT2D eigenvalue weighted by Crippen LogP contribution is 2.19. The summed E-state index contributed by atoms with van der Waals surface area (Å²) in [5, 5.41) is 23.4. The Hall–Kier alpha value is -1.40. The lowest BCUT2D eigenvalue weighted by Crippen LogP contribution is -2.45. The average Bonchev–Trinajstić information content (AvgIpc) is 3.46. The normalized spacial score (nSPS) is 12.5. The van der Waals surface area contributed by atoms with Crippen LogP contribution in [0.3, 0.4) is 0 Å². The molecule has 0 rings (SSSR count). The molecule has 0 radical (unpaired) electrons. The lowest BCUT2D eigenvalue weighted by Gasteiger charge is -2.22. The SMILES string of the molecule is CCCCCCCCCCCCCCCCCCCCCCCCC(O)C(CO)NC(=O)CCCCCCCCCCCC/C=C\CCCCCCCCCCCCCCOC(=O)CCCCCCCCCCCCCCCCC. The molecular weight excluding hydrogens is 983 g/mol. The fourth-order valence-electron chi connectivity index (χ4n) is 11.9. The number of carbonyl (C=O) groups excluding carboxylic acids is 2. The third-order valence-corrected chi connectivity index (χ3v) is 17.6. The molecule has 3 N–H and O–H groups in total. The predicted octanol–water partition coefficient (Wildman–Crippen LogP) is 23.9. The van der Waals surface area contributed by atoms with Crippen molar-refractivity contribution >= 4 is 11.9 Å². The van der Waals surface area contributed by atoms with Crippen LogP contribution in [0.1, 0.15) is 425 Å². The summed E-state index contributed by atoms with van der Waals surface area (Å²) in [5.41, 5.74) is 0. The Morgan fingerprint density at radius 3 is 0.887 bits per heavy atom. The monoisotopic (exact) mass is 1130 g/mol. The van der Waals surface area contributed by atoms with Crippen LogP contribution in [-0.2, 0) is 14.3 Å². The summed E-state index contributed by atoms with van der Waals surface area (Å²) in [6.07, 6.45) is 87.0. The van der Waals surface area contributed by atoms with Gasteiger partial charge < -0.3 is 20.3 Å². The summed E-state index contributed by atoms with van der Waals surface area (Å²) in [6.45, 7) is 5.00. The van der Waals surface area contributed by atoms with Gasteiger partial charge in [-0.15, -0.1) is 0 Å². The molecule has 0 aliphatic heterocycles. The summed E-state index contributed by atoms with van der Waals surface area (Å²) in [6, 6.07) is -0.543. The van der Waals surface area contributed by atoms with E-state index in [4.69, 9.17) is 4.74 Å². The standard InChI is InChI=1S/C74H145NO5/c1-3-5-7-9-11-13-15-17-19-20-21-22-29-32-35-39-42-46-50-54-58-62-66-72(77)71(70-76)75-73(78)67-63-59-55-51-47-43-40-36-33-30-27-25-23-24-26-28-31-34-37-41-45-49-53-57-61-65-69-80-74(79)68-64-60-56-52-48-44-38-18-16-14-12-10-8-6-4-2/h23,25,71-72,76-77H,3-22,24,26-70H2,1-2H3,(H,75,78)/b25-23-. The van der Waals surface area contributed by atoms with E-state index < -0.39 is 12.1 Å². The van der Waals surface area contributed by atoms with Crippen LogP contribution in [0, 0.1) is 0 Å². The van der Waals surface area contributed by atoms with Gasteiger partial charge in [-0.05, 0) is 51.4 Å². The second kappa shape index (κ2) is 70.1. The Bertz CT molecular complexity index is 1210. The number of aliphatic hydroxyl groups is 2. The van der Waals surface area contributed by atoms with Gasteiger partial charge in [0.2, 0.25) is 5.91 Å². The number of unbranched alkanes of at least 4 members (excludes halogenated alkanes) is 57. The van der Waals surface area contributed by atoms with Crippen LogP contribution >= 0.6 is 0 Å². The van der Waals surface area contributed by atoms with Crippen LogP contribution in [0.15, 0.2) is 12.2 Å². The molecule has 0 saturated carbocycles. The maximum atomic E-state index is 12.6. The minimum Gasteiger partial charge on any atom is -0.466 e. The molecule has 6 nitrogen and oxygen atoms in total. The summed E-state index contributed by atoms with van der Waals surface area (Å²) < 4.78 is 5.50. The van der Waals surface area contributed by atoms with E-state index in [-0.39, 0.29) is 18.5 Å². The number of aliphatic hydroxyl groups excluding tert-OH is 2. The zero-order valence-electron chi connectivity index (χ0n) is 54.6. The molecule has 2 atom stereocenters. The molecule has 6 heteroatoms. The number of hydrogen-bond donors (Lipinski definition) is 3. The topological polar surface area (TPSA) is 95.9 Å². The molecule has 0 aromatic carbocycles. The summed E-state index contributed by atoms with van der Waals surface area (Å²) >= 11 is 0. The molecule has 0 aliphatic carbocycles. The molecule has 0 heterocycles. The molecule has 0 aliphatic rings. The molecular formula is C74H145NO5. The van der Waals surface area contributed by atoms with Crippen molar-refractivity contribution in [1.82, 2.24) is 5.32 Å². The van der Waals surface area contributed by atoms with Gasteiger partial charge in [0.1, 0.15) is 0 Å². The van der Waals surface area contributed by atoms with Crippen LogP contribution in [-0.4, -0.2) is 47.4 Å². The van der Waals surface area contributed by atoms with E-state index in [1.807, 2.05) is 0 Å². The van der Waals surface area contributed by atoms with Crippen LogP contribution < -0.4 is 5.32 Å². The first-order valence-corrected chi connectivity index (χ1v) is 36.9. The maximum absolute atomic E-state index is 12.6. The second-order valence-corrected chi connectivity index (χ2v) is 25.6. The van der Waals surface area contributed by atoms with Crippen LogP contribution in [0.25, 0.3) is 0 Å². The molecule has 0 spiro atoms. The van der Waals surface area contributed by atoms with Gasteiger partial charge in [0.25, 0.3) is 0 Å². The minimum atomic E-state index is -0.666. The molecule has 0 saturated heterocycles. The van der Waals surface area contributed by atoms with Crippen molar-refractivity contribution < 1.29 is 24.5 Å². The van der Waals surface area contributed by atoms with Gasteiger partial charge in [0, 0.05) is 12.8 Å². The van der Waals surface area contributed by atoms with Crippen molar-refractivity contribution in [3.63, 3.8) is 0 Å². The third-order valence-electron chi connectivity index (χ3n) is 17.6. The van der Waals surface area contributed by atoms with Crippen LogP contribution in [0.2, 0.25) is 0 Å². The first-order valence-electron chi connectivity index (χ1n) is 36.9. The molecule has 0 aromatic rings. The van der Waals surface area contributed by atoms with E-state index >= 15 is 0 Å². The maximum Gasteiger partial charge on any atom is 0.305 e. The van der Waals surface area contributed by atoms with E-state index in [2.05, 4.69) is 31.3 Å². The Labute approximate surface area is 501 Å². The molecule has 80 heavy (non-hydrogen) atoms. The van der Waals surface area contributed by atoms with Crippen LogP contribution in [0.5, 0.6) is 0 Å². The number of hydrogen-bond acceptors (Lipinski definition) is 5. The van der Waals surface area contributed by atoms with Crippen molar-refractivity contribution in [1.29, 1.82) is 0 Å². The molecule has 0 aromatic heterocycles. The van der Waals surface area contributed by atoms with E-state index in [0.29, 0.717) is 25.9 Å². The molecule has 0 fully saturated rings. The van der Waals surface area contributed by atoms with Gasteiger partial charge in [-0.2, -0.15) is 0 Å². The summed E-state index contributed by atoms with van der Waals surface area (Å²) in [7, 11) is 0. The number of nitrogens with one attached hydrogen (secondary N) is 1. The molecule has 2 unspecified atom stereocenters. The second-order valence-electron chi connectivity index (χ2n) is 25.6. The Balaban J connectivity index is 3.38. The number of allylic oxidation sites excluding steroid dienone is 2. The number of esters is 1. The Morgan fingerprint density at radius 1 is 0.338 bits per heavy atom. The van der Waals surface area contributed by atoms with Crippen molar-refractivity contribution in [2.45, 2.75) is 437 Å². The number of amides is 1. The molecule has 0 bridgehead atoms. The number of rotatable bonds is 70. The average molecular weight is 1130 g/mol. The predicted molar refractivity (Wildman–Crippen MR) is 352 cm³/mol. The zero-order chi connectivity index (χ0) is 57.8. The Morgan fingerprint density at radius 2 is 0.588 bits per heavy atom. The van der Waals surface area contributed by atoms with Crippen molar-refractivity contribution in [3.05, 3.63) is 12.2 Å². The fourth-order valence-corrected chi connectivity index (χ4v) is 11.9. The van der Waals surface area contributed by atoms with Crippen LogP contribution in [0.4, 0.5) is 0 Å². The van der Waals surface area contributed by atoms with Gasteiger partial charge >= 0.3 is 5.97 Å². The van der Waals surface area contributed by atoms with E-state index in [0.717, 1.165) is 38.5 Å². The van der Waals surface area contributed by atoms with E-state index in [1.54, 1.807) is 0 Å². The van der Waals surface area contributed by atoms with Gasteiger partial charge in [-0.25, -0.2) is 0 Å². The summed E-state index contributed by atoms with van der Waals surface area (Å²) in [5.74, 6) is -0.0130. The lowest BCUT2D eigenvalue weighted by atomic mass is 10.0. The zero-order valence-corrected chi connectivity index (χ0v) is 54.6. The first-order chi connectivity index (χ1) is 39.5. The third kappa shape index (κ3) is 65.7. The van der Waals surface area contributed by atoms with E-state index in [9.17, 15) is 19.8 Å². The molecule has 476 valence electrons. The highest BCUT2D eigenvalue weighted by Gasteiger charge is 2.20. The summed E-state index contributed by atoms with van der Waals surface area (Å²) in [4.78, 5) is 24.6. The van der Waals surface area contributed by atoms with Gasteiger partial charge in [-0.3, -0.25) is 9.59 Å². The number of ether oxygens (including phenoxy) is 1. The fraction of sp³-hybridized carbons (Fsp3) is 0.946. The quantitative estimate of drug-likeness (QED) is 0.0320. The van der Waals surface area contributed by atoms with Gasteiger partial charge in [0.05, 0.1) is 25.4 Å². The highest BCUT2D eigenvalue weighted by atomic mass is 16.5.